The third-order valence-electron chi connectivity index (χ3n) is 3.96. The van der Waals surface area contributed by atoms with Crippen molar-refractivity contribution in [1.29, 1.82) is 0 Å². The number of nitrogens with one attached hydrogen (secondary N) is 1. The second-order valence-electron chi connectivity index (χ2n) is 6.15. The van der Waals surface area contributed by atoms with Crippen molar-refractivity contribution in [2.45, 2.75) is 26.8 Å². The molecule has 0 heterocycles. The van der Waals surface area contributed by atoms with Crippen LogP contribution in [0.2, 0.25) is 10.0 Å². The Morgan fingerprint density at radius 3 is 2.12 bits per heavy atom. The van der Waals surface area contributed by atoms with E-state index in [4.69, 9.17) is 23.2 Å². The standard InChI is InChI=1S/C18H20Cl2N2O3S/c1-11-5-6-16(7-12(11)2)21-18(23)13(3)22(26(4,24)25)17-9-14(19)8-15(20)10-17/h5-10,13H,1-4H3,(H,21,23). The first-order valence-corrected chi connectivity index (χ1v) is 10.4. The maximum atomic E-state index is 12.7. The largest absolute Gasteiger partial charge is 0.324 e. The van der Waals surface area contributed by atoms with E-state index in [1.165, 1.54) is 25.1 Å². The van der Waals surface area contributed by atoms with E-state index in [1.807, 2.05) is 26.0 Å². The zero-order valence-corrected chi connectivity index (χ0v) is 17.2. The highest BCUT2D eigenvalue weighted by molar-refractivity contribution is 7.92. The van der Waals surface area contributed by atoms with Crippen LogP contribution in [0.1, 0.15) is 18.1 Å². The molecule has 0 bridgehead atoms. The van der Waals surface area contributed by atoms with E-state index in [0.29, 0.717) is 5.69 Å². The molecule has 0 aliphatic rings. The molecule has 140 valence electrons. The Bertz CT molecular complexity index is 925. The molecule has 2 rings (SSSR count). The minimum absolute atomic E-state index is 0.229. The number of halogens is 2. The van der Waals surface area contributed by atoms with Crippen LogP contribution in [0.25, 0.3) is 0 Å². The Labute approximate surface area is 164 Å². The molecule has 5 nitrogen and oxygen atoms in total. The van der Waals surface area contributed by atoms with E-state index in [2.05, 4.69) is 5.32 Å². The van der Waals surface area contributed by atoms with Gasteiger partial charge in [-0.25, -0.2) is 8.42 Å². The molecule has 2 aromatic carbocycles. The number of hydrogen-bond donors (Lipinski definition) is 1. The number of carbonyl (C=O) groups is 1. The number of sulfonamides is 1. The maximum Gasteiger partial charge on any atom is 0.247 e. The van der Waals surface area contributed by atoms with Gasteiger partial charge < -0.3 is 5.32 Å². The normalized spacial score (nSPS) is 12.5. The summed E-state index contributed by atoms with van der Waals surface area (Å²) in [6.07, 6.45) is 1.03. The van der Waals surface area contributed by atoms with Crippen LogP contribution in [-0.4, -0.2) is 26.6 Å². The topological polar surface area (TPSA) is 66.5 Å². The zero-order valence-electron chi connectivity index (χ0n) is 14.9. The van der Waals surface area contributed by atoms with Crippen LogP contribution in [0.4, 0.5) is 11.4 Å². The van der Waals surface area contributed by atoms with Gasteiger partial charge in [-0.3, -0.25) is 9.10 Å². The molecular weight excluding hydrogens is 395 g/mol. The molecule has 1 atom stereocenters. The van der Waals surface area contributed by atoms with Crippen LogP contribution < -0.4 is 9.62 Å². The van der Waals surface area contributed by atoms with Crippen molar-refractivity contribution in [3.63, 3.8) is 0 Å². The smallest absolute Gasteiger partial charge is 0.247 e. The monoisotopic (exact) mass is 414 g/mol. The fourth-order valence-corrected chi connectivity index (χ4v) is 4.21. The average Bonchev–Trinajstić information content (AvgIpc) is 2.48. The van der Waals surface area contributed by atoms with Gasteiger partial charge in [0.15, 0.2) is 0 Å². The molecule has 1 unspecified atom stereocenters. The van der Waals surface area contributed by atoms with E-state index in [9.17, 15) is 13.2 Å². The first kappa shape index (κ1) is 20.6. The van der Waals surface area contributed by atoms with Crippen molar-refractivity contribution >= 4 is 50.5 Å². The molecule has 0 aliphatic heterocycles. The molecule has 1 amide bonds. The van der Waals surface area contributed by atoms with Crippen LogP contribution in [-0.2, 0) is 14.8 Å². The Balaban J connectivity index is 2.35. The van der Waals surface area contributed by atoms with Gasteiger partial charge in [0, 0.05) is 15.7 Å². The number of benzene rings is 2. The molecule has 0 aliphatic carbocycles. The number of anilines is 2. The number of amides is 1. The van der Waals surface area contributed by atoms with Gasteiger partial charge in [-0.15, -0.1) is 0 Å². The molecule has 0 aromatic heterocycles. The highest BCUT2D eigenvalue weighted by Gasteiger charge is 2.29. The lowest BCUT2D eigenvalue weighted by Gasteiger charge is -2.28. The predicted molar refractivity (Wildman–Crippen MR) is 108 cm³/mol. The molecule has 0 fully saturated rings. The first-order valence-electron chi connectivity index (χ1n) is 7.82. The molecule has 2 aromatic rings. The number of nitrogens with zero attached hydrogens (tertiary/aromatic N) is 1. The molecule has 0 saturated heterocycles. The summed E-state index contributed by atoms with van der Waals surface area (Å²) in [5.41, 5.74) is 2.95. The van der Waals surface area contributed by atoms with Gasteiger partial charge in [-0.1, -0.05) is 29.3 Å². The molecule has 0 saturated carbocycles. The third kappa shape index (κ3) is 4.90. The Hall–Kier alpha value is -1.76. The second-order valence-corrected chi connectivity index (χ2v) is 8.88. The summed E-state index contributed by atoms with van der Waals surface area (Å²) in [5, 5.41) is 3.31. The number of carbonyl (C=O) groups excluding carboxylic acids is 1. The Morgan fingerprint density at radius 2 is 1.62 bits per heavy atom. The van der Waals surface area contributed by atoms with E-state index >= 15 is 0 Å². The van der Waals surface area contributed by atoms with Gasteiger partial charge in [-0.05, 0) is 62.2 Å². The predicted octanol–water partition coefficient (Wildman–Crippen LogP) is 4.40. The first-order chi connectivity index (χ1) is 12.0. The van der Waals surface area contributed by atoms with Crippen LogP contribution in [0.3, 0.4) is 0 Å². The summed E-state index contributed by atoms with van der Waals surface area (Å²) in [6.45, 7) is 5.41. The number of aryl methyl sites for hydroxylation is 2. The van der Waals surface area contributed by atoms with Gasteiger partial charge in [0.1, 0.15) is 6.04 Å². The molecule has 8 heteroatoms. The maximum absolute atomic E-state index is 12.7. The molecule has 0 radical (unpaired) electrons. The Kier molecular flexibility index (Phi) is 6.21. The summed E-state index contributed by atoms with van der Waals surface area (Å²) < 4.78 is 25.6. The molecule has 0 spiro atoms. The summed E-state index contributed by atoms with van der Waals surface area (Å²) in [5.74, 6) is -0.463. The van der Waals surface area contributed by atoms with E-state index in [1.54, 1.807) is 6.07 Å². The van der Waals surface area contributed by atoms with Crippen LogP contribution in [0.15, 0.2) is 36.4 Å². The zero-order chi connectivity index (χ0) is 19.6. The minimum Gasteiger partial charge on any atom is -0.324 e. The highest BCUT2D eigenvalue weighted by Crippen LogP contribution is 2.29. The van der Waals surface area contributed by atoms with Crippen molar-refractivity contribution in [2.75, 3.05) is 15.9 Å². The van der Waals surface area contributed by atoms with Crippen LogP contribution in [0, 0.1) is 13.8 Å². The summed E-state index contributed by atoms with van der Waals surface area (Å²) in [4.78, 5) is 12.7. The van der Waals surface area contributed by atoms with Gasteiger partial charge in [0.2, 0.25) is 15.9 Å². The lowest BCUT2D eigenvalue weighted by atomic mass is 10.1. The van der Waals surface area contributed by atoms with Crippen molar-refractivity contribution in [1.82, 2.24) is 0 Å². The van der Waals surface area contributed by atoms with Gasteiger partial charge in [-0.2, -0.15) is 0 Å². The SMILES string of the molecule is Cc1ccc(NC(=O)C(C)N(c2cc(Cl)cc(Cl)c2)S(C)(=O)=O)cc1C. The molecular formula is C18H20Cl2N2O3S. The fraction of sp³-hybridized carbons (Fsp3) is 0.278. The molecule has 1 N–H and O–H groups in total. The lowest BCUT2D eigenvalue weighted by molar-refractivity contribution is -0.116. The third-order valence-corrected chi connectivity index (χ3v) is 5.64. The number of hydrogen-bond acceptors (Lipinski definition) is 3. The lowest BCUT2D eigenvalue weighted by Crippen LogP contribution is -2.45. The van der Waals surface area contributed by atoms with Crippen LogP contribution in [0.5, 0.6) is 0 Å². The van der Waals surface area contributed by atoms with E-state index in [-0.39, 0.29) is 15.7 Å². The minimum atomic E-state index is -3.75. The van der Waals surface area contributed by atoms with Gasteiger partial charge in [0.25, 0.3) is 0 Å². The second kappa shape index (κ2) is 7.86. The van der Waals surface area contributed by atoms with Gasteiger partial charge in [0.05, 0.1) is 11.9 Å². The quantitative estimate of drug-likeness (QED) is 0.787. The fourth-order valence-electron chi connectivity index (χ4n) is 2.54. The van der Waals surface area contributed by atoms with Crippen molar-refractivity contribution in [3.05, 3.63) is 57.6 Å². The van der Waals surface area contributed by atoms with E-state index < -0.39 is 22.0 Å². The summed E-state index contributed by atoms with van der Waals surface area (Å²) in [7, 11) is -3.75. The average molecular weight is 415 g/mol. The number of rotatable bonds is 5. The highest BCUT2D eigenvalue weighted by atomic mass is 35.5. The molecule has 26 heavy (non-hydrogen) atoms. The Morgan fingerprint density at radius 1 is 1.04 bits per heavy atom. The summed E-state index contributed by atoms with van der Waals surface area (Å²) in [6, 6.07) is 8.90. The van der Waals surface area contributed by atoms with Gasteiger partial charge >= 0.3 is 0 Å². The van der Waals surface area contributed by atoms with Crippen molar-refractivity contribution in [3.8, 4) is 0 Å². The van der Waals surface area contributed by atoms with Crippen molar-refractivity contribution < 1.29 is 13.2 Å². The van der Waals surface area contributed by atoms with E-state index in [0.717, 1.165) is 21.7 Å². The summed E-state index contributed by atoms with van der Waals surface area (Å²) >= 11 is 12.0. The van der Waals surface area contributed by atoms with Crippen molar-refractivity contribution in [2.24, 2.45) is 0 Å². The van der Waals surface area contributed by atoms with Crippen LogP contribution >= 0.6 is 23.2 Å².